The monoisotopic (exact) mass is 351 g/mol. The van der Waals surface area contributed by atoms with Gasteiger partial charge in [-0.2, -0.15) is 0 Å². The van der Waals surface area contributed by atoms with E-state index in [0.29, 0.717) is 36.7 Å². The van der Waals surface area contributed by atoms with Crippen LogP contribution < -0.4 is 14.8 Å². The number of benzene rings is 1. The standard InChI is InChI=1S/C17H21NO7/c1-3-22-12-6-5-11(9-14(12)23-4-2)16(20)18-10-15(19)25-13-7-8-24-17(13)21/h5-6,9,13H,3-4,7-8,10H2,1-2H3,(H,18,20)/t13-/m1/s1. The first-order chi connectivity index (χ1) is 12.0. The van der Waals surface area contributed by atoms with E-state index in [9.17, 15) is 14.4 Å². The number of hydrogen-bond acceptors (Lipinski definition) is 7. The molecule has 0 radical (unpaired) electrons. The first-order valence-electron chi connectivity index (χ1n) is 8.09. The SMILES string of the molecule is CCOc1ccc(C(=O)NCC(=O)O[C@@H]2CCOC2=O)cc1OCC. The minimum Gasteiger partial charge on any atom is -0.490 e. The summed E-state index contributed by atoms with van der Waals surface area (Å²) in [6, 6.07) is 4.75. The Labute approximate surface area is 145 Å². The summed E-state index contributed by atoms with van der Waals surface area (Å²) in [5.41, 5.74) is 0.319. The zero-order chi connectivity index (χ0) is 18.2. The second-order valence-electron chi connectivity index (χ2n) is 5.14. The van der Waals surface area contributed by atoms with Gasteiger partial charge in [-0.25, -0.2) is 4.79 Å². The molecule has 0 bridgehead atoms. The van der Waals surface area contributed by atoms with Crippen LogP contribution in [0.4, 0.5) is 0 Å². The van der Waals surface area contributed by atoms with Gasteiger partial charge in [0.1, 0.15) is 6.54 Å². The fourth-order valence-corrected chi connectivity index (χ4v) is 2.23. The predicted octanol–water partition coefficient (Wildman–Crippen LogP) is 1.07. The van der Waals surface area contributed by atoms with Crippen LogP contribution in [-0.4, -0.2) is 50.3 Å². The highest BCUT2D eigenvalue weighted by molar-refractivity contribution is 5.96. The van der Waals surface area contributed by atoms with Crippen LogP contribution in [0.5, 0.6) is 11.5 Å². The van der Waals surface area contributed by atoms with Crippen molar-refractivity contribution in [3.05, 3.63) is 23.8 Å². The summed E-state index contributed by atoms with van der Waals surface area (Å²) in [4.78, 5) is 35.1. The molecule has 1 heterocycles. The van der Waals surface area contributed by atoms with Crippen LogP contribution in [0.3, 0.4) is 0 Å². The highest BCUT2D eigenvalue weighted by atomic mass is 16.6. The summed E-state index contributed by atoms with van der Waals surface area (Å²) in [6.07, 6.45) is -0.561. The lowest BCUT2D eigenvalue weighted by Gasteiger charge is -2.13. The maximum atomic E-state index is 12.2. The van der Waals surface area contributed by atoms with E-state index in [0.717, 1.165) is 0 Å². The molecule has 2 rings (SSSR count). The fraction of sp³-hybridized carbons (Fsp3) is 0.471. The van der Waals surface area contributed by atoms with Crippen molar-refractivity contribution in [1.82, 2.24) is 5.32 Å². The van der Waals surface area contributed by atoms with Crippen molar-refractivity contribution in [3.63, 3.8) is 0 Å². The summed E-state index contributed by atoms with van der Waals surface area (Å²) in [7, 11) is 0. The molecule has 0 spiro atoms. The summed E-state index contributed by atoms with van der Waals surface area (Å²) in [6.45, 7) is 4.46. The summed E-state index contributed by atoms with van der Waals surface area (Å²) in [5.74, 6) is -0.732. The topological polar surface area (TPSA) is 100 Å². The lowest BCUT2D eigenvalue weighted by atomic mass is 10.2. The third kappa shape index (κ3) is 5.10. The van der Waals surface area contributed by atoms with Crippen LogP contribution in [0.1, 0.15) is 30.6 Å². The molecule has 1 fully saturated rings. The van der Waals surface area contributed by atoms with E-state index in [1.54, 1.807) is 18.2 Å². The molecule has 1 aliphatic rings. The van der Waals surface area contributed by atoms with Crippen molar-refractivity contribution >= 4 is 17.8 Å². The van der Waals surface area contributed by atoms with Gasteiger partial charge in [0.05, 0.1) is 19.8 Å². The second-order valence-corrected chi connectivity index (χ2v) is 5.14. The summed E-state index contributed by atoms with van der Waals surface area (Å²) >= 11 is 0. The molecule has 25 heavy (non-hydrogen) atoms. The number of ether oxygens (including phenoxy) is 4. The smallest absolute Gasteiger partial charge is 0.347 e. The molecular weight excluding hydrogens is 330 g/mol. The highest BCUT2D eigenvalue weighted by Crippen LogP contribution is 2.28. The molecule has 1 atom stereocenters. The van der Waals surface area contributed by atoms with Gasteiger partial charge >= 0.3 is 11.9 Å². The van der Waals surface area contributed by atoms with Gasteiger partial charge in [0.15, 0.2) is 11.5 Å². The minimum atomic E-state index is -0.889. The van der Waals surface area contributed by atoms with Crippen LogP contribution in [0.2, 0.25) is 0 Å². The van der Waals surface area contributed by atoms with Gasteiger partial charge in [-0.3, -0.25) is 9.59 Å². The third-order valence-corrected chi connectivity index (χ3v) is 3.36. The van der Waals surface area contributed by atoms with E-state index in [4.69, 9.17) is 18.9 Å². The van der Waals surface area contributed by atoms with Crippen LogP contribution in [0, 0.1) is 0 Å². The van der Waals surface area contributed by atoms with Gasteiger partial charge in [0.2, 0.25) is 6.10 Å². The van der Waals surface area contributed by atoms with Crippen LogP contribution in [-0.2, 0) is 19.1 Å². The highest BCUT2D eigenvalue weighted by Gasteiger charge is 2.30. The second kappa shape index (κ2) is 8.91. The van der Waals surface area contributed by atoms with E-state index >= 15 is 0 Å². The van der Waals surface area contributed by atoms with Gasteiger partial charge in [0.25, 0.3) is 5.91 Å². The molecule has 1 N–H and O–H groups in total. The number of nitrogens with one attached hydrogen (secondary N) is 1. The Morgan fingerprint density at radius 2 is 1.92 bits per heavy atom. The molecule has 0 unspecified atom stereocenters. The number of rotatable bonds is 8. The first kappa shape index (κ1) is 18.6. The van der Waals surface area contributed by atoms with Gasteiger partial charge in [0, 0.05) is 12.0 Å². The van der Waals surface area contributed by atoms with E-state index in [1.807, 2.05) is 13.8 Å². The number of hydrogen-bond donors (Lipinski definition) is 1. The van der Waals surface area contributed by atoms with Crippen molar-refractivity contribution in [2.75, 3.05) is 26.4 Å². The van der Waals surface area contributed by atoms with E-state index in [-0.39, 0.29) is 13.2 Å². The lowest BCUT2D eigenvalue weighted by Crippen LogP contribution is -2.33. The predicted molar refractivity (Wildman–Crippen MR) is 86.6 cm³/mol. The van der Waals surface area contributed by atoms with Crippen molar-refractivity contribution < 1.29 is 33.3 Å². The number of carbonyl (C=O) groups is 3. The minimum absolute atomic E-state index is 0.232. The maximum Gasteiger partial charge on any atom is 0.347 e. The van der Waals surface area contributed by atoms with Crippen molar-refractivity contribution in [3.8, 4) is 11.5 Å². The Kier molecular flexibility index (Phi) is 6.62. The molecule has 0 aromatic heterocycles. The maximum absolute atomic E-state index is 12.2. The third-order valence-electron chi connectivity index (χ3n) is 3.36. The van der Waals surface area contributed by atoms with Crippen LogP contribution in [0.25, 0.3) is 0 Å². The number of amides is 1. The van der Waals surface area contributed by atoms with Crippen molar-refractivity contribution in [2.24, 2.45) is 0 Å². The molecule has 1 aromatic rings. The zero-order valence-electron chi connectivity index (χ0n) is 14.2. The average molecular weight is 351 g/mol. The molecule has 1 aromatic carbocycles. The van der Waals surface area contributed by atoms with Crippen LogP contribution in [0.15, 0.2) is 18.2 Å². The first-order valence-corrected chi connectivity index (χ1v) is 8.09. The molecular formula is C17H21NO7. The molecule has 0 saturated carbocycles. The lowest BCUT2D eigenvalue weighted by molar-refractivity contribution is -0.159. The Hall–Kier alpha value is -2.77. The molecule has 8 heteroatoms. The quantitative estimate of drug-likeness (QED) is 0.699. The number of esters is 2. The van der Waals surface area contributed by atoms with E-state index in [2.05, 4.69) is 5.32 Å². The van der Waals surface area contributed by atoms with E-state index < -0.39 is 23.9 Å². The Morgan fingerprint density at radius 1 is 1.20 bits per heavy atom. The van der Waals surface area contributed by atoms with Crippen molar-refractivity contribution in [1.29, 1.82) is 0 Å². The van der Waals surface area contributed by atoms with Gasteiger partial charge in [-0.05, 0) is 32.0 Å². The Bertz CT molecular complexity index is 644. The number of cyclic esters (lactones) is 1. The molecule has 136 valence electrons. The summed E-state index contributed by atoms with van der Waals surface area (Å²) in [5, 5.41) is 2.45. The fourth-order valence-electron chi connectivity index (χ4n) is 2.23. The number of carbonyl (C=O) groups excluding carboxylic acids is 3. The zero-order valence-corrected chi connectivity index (χ0v) is 14.2. The molecule has 1 aliphatic heterocycles. The largest absolute Gasteiger partial charge is 0.490 e. The molecule has 1 amide bonds. The molecule has 1 saturated heterocycles. The van der Waals surface area contributed by atoms with Gasteiger partial charge in [-0.1, -0.05) is 0 Å². The summed E-state index contributed by atoms with van der Waals surface area (Å²) < 4.78 is 20.5. The van der Waals surface area contributed by atoms with Crippen LogP contribution >= 0.6 is 0 Å². The Morgan fingerprint density at radius 3 is 2.56 bits per heavy atom. The molecule has 0 aliphatic carbocycles. The van der Waals surface area contributed by atoms with Gasteiger partial charge < -0.3 is 24.3 Å². The van der Waals surface area contributed by atoms with Gasteiger partial charge in [-0.15, -0.1) is 0 Å². The average Bonchev–Trinajstić information content (AvgIpc) is 2.99. The Balaban J connectivity index is 1.92. The molecule has 8 nitrogen and oxygen atoms in total. The van der Waals surface area contributed by atoms with E-state index in [1.165, 1.54) is 0 Å². The normalized spacial score (nSPS) is 16.1. The van der Waals surface area contributed by atoms with Crippen molar-refractivity contribution in [2.45, 2.75) is 26.4 Å².